The summed E-state index contributed by atoms with van der Waals surface area (Å²) in [5.74, 6) is -2.03. The third-order valence-electron chi connectivity index (χ3n) is 15.1. The van der Waals surface area contributed by atoms with Crippen LogP contribution >= 0.6 is 0 Å². The van der Waals surface area contributed by atoms with Gasteiger partial charge in [0.05, 0.1) is 16.3 Å². The van der Waals surface area contributed by atoms with Crippen LogP contribution in [0.4, 0.5) is 66.5 Å². The molecule has 0 unspecified atom stereocenters. The first-order chi connectivity index (χ1) is 49.5. The Morgan fingerprint density at radius 3 is 0.990 bits per heavy atom. The summed E-state index contributed by atoms with van der Waals surface area (Å²) in [4.78, 5) is 102. The zero-order valence-corrected chi connectivity index (χ0v) is 58.9. The van der Waals surface area contributed by atoms with Gasteiger partial charge in [0.2, 0.25) is 0 Å². The van der Waals surface area contributed by atoms with E-state index >= 15 is 0 Å². The number of benzene rings is 10. The van der Waals surface area contributed by atoms with Gasteiger partial charge < -0.3 is 50.8 Å². The molecule has 0 spiro atoms. The molecule has 0 saturated carbocycles. The Morgan fingerprint density at radius 2 is 0.663 bits per heavy atom. The first kappa shape index (κ1) is 75.3. The molecule has 24 nitrogen and oxygen atoms in total. The van der Waals surface area contributed by atoms with Gasteiger partial charge in [-0.3, -0.25) is 39.4 Å². The molecule has 0 aliphatic carbocycles. The van der Waals surface area contributed by atoms with Crippen molar-refractivity contribution in [2.75, 3.05) is 62.8 Å². The van der Waals surface area contributed by atoms with Gasteiger partial charge in [0.15, 0.2) is 0 Å². The number of anilines is 8. The largest absolute Gasteiger partial charge is 0.744 e. The van der Waals surface area contributed by atoms with Crippen molar-refractivity contribution in [3.8, 4) is 0 Å². The van der Waals surface area contributed by atoms with Crippen LogP contribution in [0.2, 0.25) is 0 Å². The molecule has 10 aromatic rings. The molecule has 0 atom stereocenters. The predicted octanol–water partition coefficient (Wildman–Crippen LogP) is 16.2. The zero-order chi connectivity index (χ0) is 74.7. The van der Waals surface area contributed by atoms with Crippen LogP contribution in [0.3, 0.4) is 0 Å². The highest BCUT2D eigenvalue weighted by molar-refractivity contribution is 7.86. The van der Waals surface area contributed by atoms with E-state index in [0.717, 1.165) is 16.9 Å². The number of hydrogen-bond acceptors (Lipinski definition) is 16. The first-order valence-corrected chi connectivity index (χ1v) is 34.1. The molecule has 0 aromatic heterocycles. The second-order valence-electron chi connectivity index (χ2n) is 25.7. The summed E-state index contributed by atoms with van der Waals surface area (Å²) in [6, 6.07) is 63.0. The fourth-order valence-electron chi connectivity index (χ4n) is 10.00. The van der Waals surface area contributed by atoms with Crippen LogP contribution in [0.5, 0.6) is 0 Å². The molecule has 0 heterocycles. The average Bonchev–Trinajstić information content (AvgIpc) is 0.784. The molecule has 104 heavy (non-hydrogen) atoms. The lowest BCUT2D eigenvalue weighted by molar-refractivity contribution is 0.0624. The van der Waals surface area contributed by atoms with Crippen molar-refractivity contribution in [3.63, 3.8) is 0 Å². The van der Waals surface area contributed by atoms with Gasteiger partial charge in [-0.1, -0.05) is 30.3 Å². The van der Waals surface area contributed by atoms with Gasteiger partial charge in [-0.2, -0.15) is 10.2 Å². The van der Waals surface area contributed by atoms with E-state index in [0.29, 0.717) is 109 Å². The van der Waals surface area contributed by atoms with E-state index in [1.807, 2.05) is 49.3 Å². The lowest BCUT2D eigenvalue weighted by Gasteiger charge is -2.19. The third-order valence-corrected chi connectivity index (χ3v) is 16.0. The van der Waals surface area contributed by atoms with Crippen LogP contribution in [0, 0.1) is 0 Å². The minimum Gasteiger partial charge on any atom is -0.744 e. The van der Waals surface area contributed by atoms with Crippen molar-refractivity contribution in [3.05, 3.63) is 269 Å². The van der Waals surface area contributed by atoms with E-state index in [9.17, 15) is 51.3 Å². The highest BCUT2D eigenvalue weighted by Crippen LogP contribution is 2.28. The topological polar surface area (TPSA) is 336 Å². The van der Waals surface area contributed by atoms with Gasteiger partial charge in [0.1, 0.15) is 21.3 Å². The number of amides is 8. The fraction of sp³-hybridized carbons (Fsp3) is 0.165. The number of fused-ring (bicyclic) bond motifs is 1. The minimum absolute atomic E-state index is 0.254. The van der Waals surface area contributed by atoms with Gasteiger partial charge >= 0.3 is 12.2 Å². The third kappa shape index (κ3) is 22.6. The van der Waals surface area contributed by atoms with Crippen molar-refractivity contribution in [1.29, 1.82) is 0 Å². The molecule has 8 amide bonds. The number of aryl methyl sites for hydroxylation is 1. The molecule has 25 heteroatoms. The molecular weight excluding hydrogens is 1340 g/mol. The normalized spacial score (nSPS) is 11.2. The van der Waals surface area contributed by atoms with Gasteiger partial charge in [-0.25, -0.2) is 18.0 Å². The maximum Gasteiger partial charge on any atom is 0.412 e. The van der Waals surface area contributed by atoms with Crippen LogP contribution < -0.4 is 47.4 Å². The first-order valence-electron chi connectivity index (χ1n) is 32.7. The molecule has 10 aromatic carbocycles. The Kier molecular flexibility index (Phi) is 24.6. The monoisotopic (exact) mass is 1420 g/mol. The lowest BCUT2D eigenvalue weighted by Crippen LogP contribution is -2.27. The smallest absolute Gasteiger partial charge is 0.412 e. The number of ether oxygens (including phenoxy) is 2. The van der Waals surface area contributed by atoms with E-state index in [4.69, 9.17) is 9.47 Å². The second kappa shape index (κ2) is 34.0. The number of rotatable bonds is 21. The SMILES string of the molecule is CC(C)(C)OC(=O)Nc1ccc(C(=O)Nc2ccc(C(=O)Nc3ccc(C(=O)NCCCc4cccc5c(S(=O)(=O)[O-])cccc45)cc3)cc2)cc1.CN(C)c1ccc(N=Nc2ccc(C(=O)Nc3ccc(NC(=O)c4ccc(NC(=O)c5ccc(NC(=O)OC(C)(C)C)cc5)cc4)cc3)cc2)cc1. The Hall–Kier alpha value is -12.9. The maximum atomic E-state index is 12.9. The summed E-state index contributed by atoms with van der Waals surface area (Å²) in [6.07, 6.45) is -0.0450. The number of nitrogens with zero attached hydrogens (tertiary/aromatic N) is 3. The van der Waals surface area contributed by atoms with E-state index in [2.05, 4.69) is 52.8 Å². The van der Waals surface area contributed by atoms with Crippen molar-refractivity contribution in [2.45, 2.75) is 70.5 Å². The van der Waals surface area contributed by atoms with Gasteiger partial charge in [-0.15, -0.1) is 0 Å². The summed E-state index contributed by atoms with van der Waals surface area (Å²) in [5, 5.41) is 31.7. The van der Waals surface area contributed by atoms with Gasteiger partial charge in [0, 0.05) is 99.5 Å². The molecule has 0 aliphatic rings. The molecule has 0 fully saturated rings. The van der Waals surface area contributed by atoms with Crippen molar-refractivity contribution in [2.24, 2.45) is 10.2 Å². The Bertz CT molecular complexity index is 4890. The fourth-order valence-corrected chi connectivity index (χ4v) is 10.7. The lowest BCUT2D eigenvalue weighted by atomic mass is 10.0. The van der Waals surface area contributed by atoms with Crippen molar-refractivity contribution in [1.82, 2.24) is 5.32 Å². The number of carbonyl (C=O) groups is 8. The quantitative estimate of drug-likeness (QED) is 0.0188. The summed E-state index contributed by atoms with van der Waals surface area (Å²) < 4.78 is 45.4. The van der Waals surface area contributed by atoms with E-state index in [-0.39, 0.29) is 40.3 Å². The van der Waals surface area contributed by atoms with Crippen molar-refractivity contribution < 1.29 is 60.8 Å². The molecule has 0 radical (unpaired) electrons. The van der Waals surface area contributed by atoms with Gasteiger partial charge in [-0.05, 0) is 271 Å². The Balaban J connectivity index is 0.000000241. The van der Waals surface area contributed by atoms with Crippen LogP contribution in [-0.4, -0.2) is 92.4 Å². The summed E-state index contributed by atoms with van der Waals surface area (Å²) in [6.45, 7) is 11.0. The van der Waals surface area contributed by atoms with E-state index in [1.54, 1.807) is 236 Å². The van der Waals surface area contributed by atoms with E-state index in [1.165, 1.54) is 6.07 Å². The number of azo groups is 1. The standard InChI is InChI=1S/C40H39N7O5.C39H38N4O8S/c1-40(2,3)52-39(51)44-32-14-8-27(9-15-32)36(48)41-29-12-6-26(7-13-29)37(49)42-30-18-20-31(21-19-30)43-38(50)28-10-16-33(17-11-28)45-46-34-22-24-35(25-23-34)47(4)5;1-39(2,3)51-38(47)43-31-22-16-28(17-23-31)37(46)42-30-20-14-27(15-21-30)36(45)41-29-18-12-26(13-19-29)35(44)40-24-6-8-25-7-4-10-33-32(25)9-5-11-34(33)52(48,49)50/h6-25H,1-5H3,(H,41,48)(H,42,49)(H,43,50)(H,44,51);4-5,7,9-23H,6,8,24H2,1-3H3,(H,40,44)(H,41,45)(H,42,46)(H,43,47)(H,48,49,50)/p-1. The second-order valence-corrected chi connectivity index (χ2v) is 27.1. The molecular formula is C79H76N11O13S-. The average molecular weight is 1420 g/mol. The summed E-state index contributed by atoms with van der Waals surface area (Å²) in [5.41, 5.74) is 7.90. The van der Waals surface area contributed by atoms with Crippen LogP contribution in [-0.2, 0) is 26.0 Å². The molecule has 532 valence electrons. The van der Waals surface area contributed by atoms with Crippen LogP contribution in [0.15, 0.2) is 246 Å². The van der Waals surface area contributed by atoms with Crippen LogP contribution in [0.25, 0.3) is 10.8 Å². The molecule has 8 N–H and O–H groups in total. The number of carbonyl (C=O) groups excluding carboxylic acids is 8. The number of nitrogens with one attached hydrogen (secondary N) is 8. The van der Waals surface area contributed by atoms with Crippen molar-refractivity contribution >= 4 is 125 Å². The highest BCUT2D eigenvalue weighted by atomic mass is 32.2. The number of hydrogen-bond donors (Lipinski definition) is 8. The van der Waals surface area contributed by atoms with Crippen LogP contribution in [0.1, 0.15) is 116 Å². The maximum absolute atomic E-state index is 12.9. The molecule has 10 rings (SSSR count). The summed E-state index contributed by atoms with van der Waals surface area (Å²) in [7, 11) is -0.669. The molecule has 0 bridgehead atoms. The predicted molar refractivity (Wildman–Crippen MR) is 402 cm³/mol. The van der Waals surface area contributed by atoms with Gasteiger partial charge in [0.25, 0.3) is 35.4 Å². The Morgan fingerprint density at radius 1 is 0.375 bits per heavy atom. The van der Waals surface area contributed by atoms with E-state index < -0.39 is 33.5 Å². The highest BCUT2D eigenvalue weighted by Gasteiger charge is 2.20. The molecule has 0 saturated heterocycles. The summed E-state index contributed by atoms with van der Waals surface area (Å²) >= 11 is 0. The Labute approximate surface area is 601 Å². The zero-order valence-electron chi connectivity index (χ0n) is 58.1. The minimum atomic E-state index is -4.61. The molecule has 0 aliphatic heterocycles.